The van der Waals surface area contributed by atoms with E-state index in [0.29, 0.717) is 11.3 Å². The molecule has 0 radical (unpaired) electrons. The van der Waals surface area contributed by atoms with Gasteiger partial charge in [-0.25, -0.2) is 0 Å². The Morgan fingerprint density at radius 3 is 2.72 bits per heavy atom. The van der Waals surface area contributed by atoms with Crippen LogP contribution < -0.4 is 11.1 Å². The molecule has 0 aliphatic carbocycles. The highest BCUT2D eigenvalue weighted by Crippen LogP contribution is 2.20. The molecule has 0 spiro atoms. The molecule has 5 heteroatoms. The van der Waals surface area contributed by atoms with Crippen molar-refractivity contribution in [3.63, 3.8) is 0 Å². The molecule has 0 aromatic heterocycles. The quantitative estimate of drug-likeness (QED) is 0.820. The number of likely N-dealkylation sites (tertiary alicyclic amines) is 1. The fraction of sp³-hybridized carbons (Fsp3) is 0.462. The van der Waals surface area contributed by atoms with Gasteiger partial charge in [0.05, 0.1) is 0 Å². The van der Waals surface area contributed by atoms with Crippen LogP contribution in [0.25, 0.3) is 0 Å². The zero-order valence-corrected chi connectivity index (χ0v) is 12.0. The highest BCUT2D eigenvalue weighted by atomic mass is 79.9. The summed E-state index contributed by atoms with van der Waals surface area (Å²) in [5.41, 5.74) is 7.00. The lowest BCUT2D eigenvalue weighted by Crippen LogP contribution is -2.43. The lowest BCUT2D eigenvalue weighted by atomic mass is 10.0. The van der Waals surface area contributed by atoms with Crippen molar-refractivity contribution in [2.75, 3.05) is 25.9 Å². The number of nitrogens with zero attached hydrogens (tertiary/aromatic N) is 1. The van der Waals surface area contributed by atoms with Gasteiger partial charge in [0, 0.05) is 21.8 Å². The summed E-state index contributed by atoms with van der Waals surface area (Å²) in [7, 11) is 2.11. The molecule has 1 aromatic rings. The van der Waals surface area contributed by atoms with Gasteiger partial charge in [-0.1, -0.05) is 0 Å². The fourth-order valence-electron chi connectivity index (χ4n) is 2.09. The topological polar surface area (TPSA) is 58.4 Å². The number of nitrogens with two attached hydrogens (primary N) is 1. The van der Waals surface area contributed by atoms with E-state index in [1.165, 1.54) is 0 Å². The Hall–Kier alpha value is -1.07. The summed E-state index contributed by atoms with van der Waals surface area (Å²) in [6, 6.07) is 5.54. The van der Waals surface area contributed by atoms with Gasteiger partial charge in [-0.2, -0.15) is 0 Å². The van der Waals surface area contributed by atoms with Gasteiger partial charge >= 0.3 is 0 Å². The number of carbonyl (C=O) groups excluding carboxylic acids is 1. The molecule has 0 atom stereocenters. The molecular weight excluding hydrogens is 294 g/mol. The standard InChI is InChI=1S/C13H18BrN3O/c1-17-6-4-10(5-7-17)16-13(18)9-2-3-12(15)11(14)8-9/h2-3,8,10H,4-7,15H2,1H3,(H,16,18). The fourth-order valence-corrected chi connectivity index (χ4v) is 2.47. The van der Waals surface area contributed by atoms with E-state index in [9.17, 15) is 4.79 Å². The van der Waals surface area contributed by atoms with Crippen molar-refractivity contribution in [2.45, 2.75) is 18.9 Å². The number of halogens is 1. The number of nitrogens with one attached hydrogen (secondary N) is 1. The van der Waals surface area contributed by atoms with E-state index in [4.69, 9.17) is 5.73 Å². The maximum atomic E-state index is 12.1. The molecule has 1 heterocycles. The van der Waals surface area contributed by atoms with E-state index in [0.717, 1.165) is 30.4 Å². The summed E-state index contributed by atoms with van der Waals surface area (Å²) in [6.07, 6.45) is 2.02. The highest BCUT2D eigenvalue weighted by molar-refractivity contribution is 9.10. The van der Waals surface area contributed by atoms with Gasteiger partial charge in [0.25, 0.3) is 5.91 Å². The zero-order valence-electron chi connectivity index (χ0n) is 10.4. The molecule has 0 bridgehead atoms. The third-order valence-corrected chi connectivity index (χ3v) is 4.00. The van der Waals surface area contributed by atoms with Crippen LogP contribution in [0.2, 0.25) is 0 Å². The van der Waals surface area contributed by atoms with Crippen LogP contribution in [0, 0.1) is 0 Å². The van der Waals surface area contributed by atoms with Gasteiger partial charge in [-0.3, -0.25) is 4.79 Å². The van der Waals surface area contributed by atoms with Crippen molar-refractivity contribution in [2.24, 2.45) is 0 Å². The second-order valence-corrected chi connectivity index (χ2v) is 5.64. The van der Waals surface area contributed by atoms with Crippen LogP contribution in [0.3, 0.4) is 0 Å². The second kappa shape index (κ2) is 5.71. The van der Waals surface area contributed by atoms with Crippen molar-refractivity contribution in [1.82, 2.24) is 10.2 Å². The summed E-state index contributed by atoms with van der Waals surface area (Å²) in [5, 5.41) is 3.08. The molecule has 1 aliphatic rings. The smallest absolute Gasteiger partial charge is 0.251 e. The molecule has 0 saturated carbocycles. The minimum absolute atomic E-state index is 0.0229. The van der Waals surface area contributed by atoms with E-state index in [-0.39, 0.29) is 11.9 Å². The minimum Gasteiger partial charge on any atom is -0.398 e. The van der Waals surface area contributed by atoms with Crippen LogP contribution in [-0.2, 0) is 0 Å². The predicted octanol–water partition coefficient (Wildman–Crippen LogP) is 1.86. The average Bonchev–Trinajstić information content (AvgIpc) is 2.35. The molecule has 4 nitrogen and oxygen atoms in total. The van der Waals surface area contributed by atoms with Gasteiger partial charge in [0.2, 0.25) is 0 Å². The van der Waals surface area contributed by atoms with Crippen LogP contribution in [0.5, 0.6) is 0 Å². The van der Waals surface area contributed by atoms with Crippen LogP contribution in [0.15, 0.2) is 22.7 Å². The lowest BCUT2D eigenvalue weighted by molar-refractivity contribution is 0.0917. The molecule has 1 aromatic carbocycles. The molecule has 1 amide bonds. The summed E-state index contributed by atoms with van der Waals surface area (Å²) >= 11 is 3.34. The Bertz CT molecular complexity index is 442. The van der Waals surface area contributed by atoms with Crippen molar-refractivity contribution >= 4 is 27.5 Å². The lowest BCUT2D eigenvalue weighted by Gasteiger charge is -2.29. The van der Waals surface area contributed by atoms with Gasteiger partial charge in [0.15, 0.2) is 0 Å². The van der Waals surface area contributed by atoms with Crippen molar-refractivity contribution in [1.29, 1.82) is 0 Å². The minimum atomic E-state index is -0.0229. The first-order valence-corrected chi connectivity index (χ1v) is 6.90. The van der Waals surface area contributed by atoms with Gasteiger partial charge in [0.1, 0.15) is 0 Å². The third-order valence-electron chi connectivity index (χ3n) is 3.32. The molecule has 3 N–H and O–H groups in total. The molecule has 1 aliphatic heterocycles. The first kappa shape index (κ1) is 13.4. The van der Waals surface area contributed by atoms with E-state index in [1.807, 2.05) is 0 Å². The molecule has 0 unspecified atom stereocenters. The number of amides is 1. The Morgan fingerprint density at radius 2 is 2.11 bits per heavy atom. The van der Waals surface area contributed by atoms with Gasteiger partial charge in [-0.05, 0) is 67.1 Å². The number of rotatable bonds is 2. The summed E-state index contributed by atoms with van der Waals surface area (Å²) in [6.45, 7) is 2.08. The van der Waals surface area contributed by atoms with E-state index >= 15 is 0 Å². The Morgan fingerprint density at radius 1 is 1.44 bits per heavy atom. The zero-order chi connectivity index (χ0) is 13.1. The van der Waals surface area contributed by atoms with Crippen LogP contribution >= 0.6 is 15.9 Å². The number of piperidine rings is 1. The Labute approximate surface area is 116 Å². The largest absolute Gasteiger partial charge is 0.398 e. The summed E-state index contributed by atoms with van der Waals surface area (Å²) in [5.74, 6) is -0.0229. The summed E-state index contributed by atoms with van der Waals surface area (Å²) < 4.78 is 0.763. The number of hydrogen-bond acceptors (Lipinski definition) is 3. The maximum absolute atomic E-state index is 12.1. The molecular formula is C13H18BrN3O. The number of anilines is 1. The second-order valence-electron chi connectivity index (χ2n) is 4.79. The predicted molar refractivity (Wildman–Crippen MR) is 76.5 cm³/mol. The molecule has 98 valence electrons. The van der Waals surface area contributed by atoms with Crippen molar-refractivity contribution in [3.05, 3.63) is 28.2 Å². The first-order chi connectivity index (χ1) is 8.56. The SMILES string of the molecule is CN1CCC(NC(=O)c2ccc(N)c(Br)c2)CC1. The first-order valence-electron chi connectivity index (χ1n) is 6.10. The van der Waals surface area contributed by atoms with Crippen LogP contribution in [0.4, 0.5) is 5.69 Å². The third kappa shape index (κ3) is 3.23. The molecule has 1 saturated heterocycles. The van der Waals surface area contributed by atoms with E-state index in [2.05, 4.69) is 33.2 Å². The van der Waals surface area contributed by atoms with Gasteiger partial charge in [-0.15, -0.1) is 0 Å². The molecule has 1 fully saturated rings. The van der Waals surface area contributed by atoms with Gasteiger partial charge < -0.3 is 16.0 Å². The maximum Gasteiger partial charge on any atom is 0.251 e. The number of hydrogen-bond donors (Lipinski definition) is 2. The monoisotopic (exact) mass is 311 g/mol. The van der Waals surface area contributed by atoms with Crippen LogP contribution in [-0.4, -0.2) is 37.0 Å². The van der Waals surface area contributed by atoms with E-state index in [1.54, 1.807) is 18.2 Å². The normalized spacial score (nSPS) is 17.7. The molecule has 2 rings (SSSR count). The Kier molecular flexibility index (Phi) is 4.24. The van der Waals surface area contributed by atoms with Crippen molar-refractivity contribution in [3.8, 4) is 0 Å². The highest BCUT2D eigenvalue weighted by Gasteiger charge is 2.19. The number of benzene rings is 1. The number of carbonyl (C=O) groups is 1. The van der Waals surface area contributed by atoms with Crippen LogP contribution in [0.1, 0.15) is 23.2 Å². The number of nitrogen functional groups attached to an aromatic ring is 1. The van der Waals surface area contributed by atoms with Crippen molar-refractivity contribution < 1.29 is 4.79 Å². The average molecular weight is 312 g/mol. The van der Waals surface area contributed by atoms with E-state index < -0.39 is 0 Å². The Balaban J connectivity index is 1.97. The summed E-state index contributed by atoms with van der Waals surface area (Å²) in [4.78, 5) is 14.4. The molecule has 18 heavy (non-hydrogen) atoms.